The van der Waals surface area contributed by atoms with Gasteiger partial charge in [0.2, 0.25) is 0 Å². The third kappa shape index (κ3) is 4.39. The number of benzene rings is 2. The van der Waals surface area contributed by atoms with Gasteiger partial charge in [-0.05, 0) is 37.6 Å². The fourth-order valence-corrected chi connectivity index (χ4v) is 2.38. The average molecular weight is 380 g/mol. The summed E-state index contributed by atoms with van der Waals surface area (Å²) in [5.74, 6) is -2.72. The van der Waals surface area contributed by atoms with Crippen molar-refractivity contribution in [3.05, 3.63) is 65.7 Å². The van der Waals surface area contributed by atoms with E-state index in [9.17, 15) is 22.8 Å². The number of esters is 1. The largest absolute Gasteiger partial charge is 0.463 e. The summed E-state index contributed by atoms with van der Waals surface area (Å²) in [6, 6.07) is 13.4. The molecule has 2 rings (SSSR count). The highest BCUT2D eigenvalue weighted by Gasteiger charge is 2.63. The number of ether oxygens (including phenoxy) is 1. The number of anilines is 1. The Morgan fingerprint density at radius 3 is 2.15 bits per heavy atom. The highest BCUT2D eigenvalue weighted by atomic mass is 19.4. The zero-order chi connectivity index (χ0) is 20.1. The molecule has 144 valence electrons. The first-order valence-corrected chi connectivity index (χ1v) is 8.16. The van der Waals surface area contributed by atoms with Gasteiger partial charge in [0.05, 0.1) is 6.61 Å². The Hall–Kier alpha value is -3.03. The van der Waals surface area contributed by atoms with Crippen molar-refractivity contribution in [3.63, 3.8) is 0 Å². The van der Waals surface area contributed by atoms with Crippen LogP contribution >= 0.6 is 0 Å². The first-order chi connectivity index (χ1) is 12.7. The summed E-state index contributed by atoms with van der Waals surface area (Å²) in [5, 5.41) is 3.95. The van der Waals surface area contributed by atoms with Gasteiger partial charge in [0.1, 0.15) is 0 Å². The van der Waals surface area contributed by atoms with E-state index in [1.54, 1.807) is 30.4 Å². The summed E-state index contributed by atoms with van der Waals surface area (Å²) in [4.78, 5) is 24.8. The molecule has 0 saturated carbocycles. The van der Waals surface area contributed by atoms with Crippen LogP contribution in [0.1, 0.15) is 22.8 Å². The van der Waals surface area contributed by atoms with Crippen molar-refractivity contribution in [2.45, 2.75) is 25.7 Å². The minimum absolute atomic E-state index is 0.0259. The number of carbonyl (C=O) groups is 2. The van der Waals surface area contributed by atoms with E-state index in [0.717, 1.165) is 0 Å². The average Bonchev–Trinajstić information content (AvgIpc) is 2.62. The van der Waals surface area contributed by atoms with Crippen LogP contribution in [0.5, 0.6) is 0 Å². The second-order valence-corrected chi connectivity index (χ2v) is 5.73. The molecule has 0 aliphatic rings. The Bertz CT molecular complexity index is 809. The molecule has 0 radical (unpaired) electrons. The monoisotopic (exact) mass is 380 g/mol. The van der Waals surface area contributed by atoms with Gasteiger partial charge in [-0.15, -0.1) is 0 Å². The van der Waals surface area contributed by atoms with Crippen molar-refractivity contribution < 1.29 is 27.5 Å². The van der Waals surface area contributed by atoms with Crippen LogP contribution < -0.4 is 10.6 Å². The number of amides is 1. The Balaban J connectivity index is 2.52. The van der Waals surface area contributed by atoms with E-state index in [4.69, 9.17) is 0 Å². The molecule has 2 aromatic carbocycles. The Kier molecular flexibility index (Phi) is 6.09. The van der Waals surface area contributed by atoms with Crippen LogP contribution in [0.25, 0.3) is 0 Å². The van der Waals surface area contributed by atoms with Gasteiger partial charge >= 0.3 is 17.8 Å². The second-order valence-electron chi connectivity index (χ2n) is 5.73. The van der Waals surface area contributed by atoms with Crippen LogP contribution in [0.2, 0.25) is 0 Å². The van der Waals surface area contributed by atoms with Gasteiger partial charge in [-0.25, -0.2) is 4.79 Å². The molecule has 0 bridgehead atoms. The van der Waals surface area contributed by atoms with E-state index >= 15 is 0 Å². The second kappa shape index (κ2) is 8.11. The van der Waals surface area contributed by atoms with Gasteiger partial charge in [-0.3, -0.25) is 4.79 Å². The van der Waals surface area contributed by atoms with E-state index in [2.05, 4.69) is 10.1 Å². The zero-order valence-electron chi connectivity index (χ0n) is 14.8. The lowest BCUT2D eigenvalue weighted by Crippen LogP contribution is -2.69. The van der Waals surface area contributed by atoms with Crippen molar-refractivity contribution in [1.82, 2.24) is 5.32 Å². The van der Waals surface area contributed by atoms with Crippen LogP contribution in [0.3, 0.4) is 0 Å². The topological polar surface area (TPSA) is 67.4 Å². The standard InChI is InChI=1S/C19H19F3N2O3/c1-3-27-17(26)18(19(20,21)22,23-15-12-8-7-9-13(15)2)24-16(25)14-10-5-4-6-11-14/h4-12,23H,3H2,1-2H3,(H,24,25). The van der Waals surface area contributed by atoms with Crippen LogP contribution in [-0.4, -0.2) is 30.3 Å². The van der Waals surface area contributed by atoms with Crippen LogP contribution in [0.4, 0.5) is 18.9 Å². The van der Waals surface area contributed by atoms with Gasteiger partial charge in [-0.2, -0.15) is 13.2 Å². The number of hydrogen-bond acceptors (Lipinski definition) is 4. The Labute approximate surface area is 154 Å². The lowest BCUT2D eigenvalue weighted by molar-refractivity contribution is -0.204. The maximum Gasteiger partial charge on any atom is 0.441 e. The number of rotatable bonds is 6. The molecule has 0 spiro atoms. The molecule has 2 N–H and O–H groups in total. The third-order valence-electron chi connectivity index (χ3n) is 3.81. The quantitative estimate of drug-likeness (QED) is 0.593. The molecule has 2 aromatic rings. The van der Waals surface area contributed by atoms with E-state index in [1.807, 2.05) is 0 Å². The predicted octanol–water partition coefficient (Wildman–Crippen LogP) is 3.66. The molecule has 5 nitrogen and oxygen atoms in total. The summed E-state index contributed by atoms with van der Waals surface area (Å²) in [6.45, 7) is 2.67. The highest BCUT2D eigenvalue weighted by Crippen LogP contribution is 2.34. The fourth-order valence-electron chi connectivity index (χ4n) is 2.38. The first-order valence-electron chi connectivity index (χ1n) is 8.16. The Morgan fingerprint density at radius 1 is 1.00 bits per heavy atom. The van der Waals surface area contributed by atoms with Gasteiger partial charge in [0.15, 0.2) is 0 Å². The molecule has 1 atom stereocenters. The van der Waals surface area contributed by atoms with Crippen molar-refractivity contribution in [1.29, 1.82) is 0 Å². The molecular formula is C19H19F3N2O3. The van der Waals surface area contributed by atoms with E-state index in [-0.39, 0.29) is 17.9 Å². The molecule has 1 unspecified atom stereocenters. The molecule has 0 saturated heterocycles. The fraction of sp³-hybridized carbons (Fsp3) is 0.263. The number of alkyl halides is 3. The molecule has 0 fully saturated rings. The summed E-state index contributed by atoms with van der Waals surface area (Å²) in [6.07, 6.45) is -5.17. The molecule has 0 aliphatic carbocycles. The first kappa shape index (κ1) is 20.3. The SMILES string of the molecule is CCOC(=O)C(NC(=O)c1ccccc1)(Nc1ccccc1C)C(F)(F)F. The zero-order valence-corrected chi connectivity index (χ0v) is 14.8. The van der Waals surface area contributed by atoms with E-state index in [1.165, 1.54) is 43.3 Å². The van der Waals surface area contributed by atoms with Crippen molar-refractivity contribution in [2.75, 3.05) is 11.9 Å². The van der Waals surface area contributed by atoms with Crippen molar-refractivity contribution in [3.8, 4) is 0 Å². The summed E-state index contributed by atoms with van der Waals surface area (Å²) in [5.41, 5.74) is -2.97. The molecule has 0 aromatic heterocycles. The lowest BCUT2D eigenvalue weighted by Gasteiger charge is -2.35. The third-order valence-corrected chi connectivity index (χ3v) is 3.81. The minimum Gasteiger partial charge on any atom is -0.463 e. The Morgan fingerprint density at radius 2 is 1.59 bits per heavy atom. The van der Waals surface area contributed by atoms with Crippen molar-refractivity contribution >= 4 is 17.6 Å². The maximum absolute atomic E-state index is 14.1. The van der Waals surface area contributed by atoms with Crippen molar-refractivity contribution in [2.24, 2.45) is 0 Å². The minimum atomic E-state index is -5.17. The summed E-state index contributed by atoms with van der Waals surface area (Å²) in [7, 11) is 0. The number of aryl methyl sites for hydroxylation is 1. The van der Waals surface area contributed by atoms with Gasteiger partial charge < -0.3 is 15.4 Å². The normalized spacial score (nSPS) is 13.4. The number of para-hydroxylation sites is 1. The molecule has 27 heavy (non-hydrogen) atoms. The molecule has 1 amide bonds. The summed E-state index contributed by atoms with van der Waals surface area (Å²) < 4.78 is 46.8. The number of hydrogen-bond donors (Lipinski definition) is 2. The lowest BCUT2D eigenvalue weighted by atomic mass is 10.1. The van der Waals surface area contributed by atoms with E-state index < -0.39 is 23.7 Å². The van der Waals surface area contributed by atoms with Crippen LogP contribution in [-0.2, 0) is 9.53 Å². The molecular weight excluding hydrogens is 361 g/mol. The number of carbonyl (C=O) groups excluding carboxylic acids is 2. The number of nitrogens with one attached hydrogen (secondary N) is 2. The number of halogens is 3. The van der Waals surface area contributed by atoms with Gasteiger partial charge in [0, 0.05) is 11.3 Å². The van der Waals surface area contributed by atoms with Crippen LogP contribution in [0.15, 0.2) is 54.6 Å². The van der Waals surface area contributed by atoms with Crippen LogP contribution in [0, 0.1) is 6.92 Å². The predicted molar refractivity (Wildman–Crippen MR) is 94.1 cm³/mol. The van der Waals surface area contributed by atoms with Gasteiger partial charge in [-0.1, -0.05) is 36.4 Å². The molecule has 0 heterocycles. The molecule has 8 heteroatoms. The smallest absolute Gasteiger partial charge is 0.441 e. The van der Waals surface area contributed by atoms with Gasteiger partial charge in [0.25, 0.3) is 5.91 Å². The molecule has 0 aliphatic heterocycles. The summed E-state index contributed by atoms with van der Waals surface area (Å²) >= 11 is 0. The maximum atomic E-state index is 14.1. The van der Waals surface area contributed by atoms with E-state index in [0.29, 0.717) is 5.56 Å². The highest BCUT2D eigenvalue weighted by molar-refractivity contribution is 5.99.